The maximum atomic E-state index is 12.2. The number of carbonyl (C=O) groups is 1. The van der Waals surface area contributed by atoms with E-state index in [0.717, 1.165) is 0 Å². The Morgan fingerprint density at radius 1 is 1.26 bits per heavy atom. The average molecular weight is 313 g/mol. The lowest BCUT2D eigenvalue weighted by atomic mass is 10.0. The molecule has 2 N–H and O–H groups in total. The first kappa shape index (κ1) is 15.1. The molecule has 6 heteroatoms. The molecule has 118 valence electrons. The van der Waals surface area contributed by atoms with Crippen LogP contribution in [0.3, 0.4) is 0 Å². The number of nitrogens with one attached hydrogen (secondary N) is 1. The number of fused-ring (bicyclic) bond motifs is 1. The lowest BCUT2D eigenvalue weighted by molar-refractivity contribution is 0.0329. The number of para-hydroxylation sites is 1. The molecule has 6 nitrogen and oxygen atoms in total. The van der Waals surface area contributed by atoms with E-state index in [4.69, 9.17) is 8.83 Å². The maximum absolute atomic E-state index is 12.2. The van der Waals surface area contributed by atoms with Crippen LogP contribution in [0.2, 0.25) is 0 Å². The number of carbonyl (C=O) groups excluding carboxylic acids is 1. The summed E-state index contributed by atoms with van der Waals surface area (Å²) in [7, 11) is 0. The first-order valence-corrected chi connectivity index (χ1v) is 7.05. The van der Waals surface area contributed by atoms with Crippen molar-refractivity contribution in [1.29, 1.82) is 0 Å². The predicted octanol–water partition coefficient (Wildman–Crippen LogP) is 2.02. The average Bonchev–Trinajstić information content (AvgIpc) is 3.07. The van der Waals surface area contributed by atoms with Crippen LogP contribution < -0.4 is 10.9 Å². The Balaban J connectivity index is 1.81. The van der Waals surface area contributed by atoms with Gasteiger partial charge in [-0.15, -0.1) is 0 Å². The minimum Gasteiger partial charge on any atom is -0.466 e. The molecule has 3 rings (SSSR count). The highest BCUT2D eigenvalue weighted by molar-refractivity contribution is 5.96. The fraction of sp³-hybridized carbons (Fsp3) is 0.176. The molecule has 2 heterocycles. The van der Waals surface area contributed by atoms with Gasteiger partial charge in [0.25, 0.3) is 5.91 Å². The van der Waals surface area contributed by atoms with Crippen molar-refractivity contribution in [2.75, 3.05) is 6.54 Å². The predicted molar refractivity (Wildman–Crippen MR) is 83.1 cm³/mol. The van der Waals surface area contributed by atoms with Crippen molar-refractivity contribution < 1.29 is 18.7 Å². The smallest absolute Gasteiger partial charge is 0.349 e. The highest BCUT2D eigenvalue weighted by Gasteiger charge is 2.27. The molecule has 0 spiro atoms. The van der Waals surface area contributed by atoms with Gasteiger partial charge in [0.2, 0.25) is 0 Å². The molecule has 23 heavy (non-hydrogen) atoms. The van der Waals surface area contributed by atoms with E-state index in [1.165, 1.54) is 19.3 Å². The number of furan rings is 1. The zero-order chi connectivity index (χ0) is 16.4. The first-order chi connectivity index (χ1) is 11.0. The second kappa shape index (κ2) is 5.73. The van der Waals surface area contributed by atoms with Crippen LogP contribution in [0.15, 0.2) is 62.4 Å². The van der Waals surface area contributed by atoms with Crippen molar-refractivity contribution in [3.05, 3.63) is 70.5 Å². The molecule has 0 aliphatic rings. The molecule has 0 saturated heterocycles. The second-order valence-corrected chi connectivity index (χ2v) is 5.42. The van der Waals surface area contributed by atoms with E-state index in [-0.39, 0.29) is 12.1 Å². The second-order valence-electron chi connectivity index (χ2n) is 5.42. The topological polar surface area (TPSA) is 92.7 Å². The van der Waals surface area contributed by atoms with Gasteiger partial charge in [-0.3, -0.25) is 4.79 Å². The molecule has 0 radical (unpaired) electrons. The number of amides is 1. The lowest BCUT2D eigenvalue weighted by Gasteiger charge is -2.20. The largest absolute Gasteiger partial charge is 0.466 e. The molecule has 1 amide bonds. The summed E-state index contributed by atoms with van der Waals surface area (Å²) >= 11 is 0. The van der Waals surface area contributed by atoms with E-state index in [0.29, 0.717) is 16.7 Å². The number of rotatable bonds is 4. The number of benzene rings is 1. The van der Waals surface area contributed by atoms with E-state index in [9.17, 15) is 14.7 Å². The van der Waals surface area contributed by atoms with Crippen molar-refractivity contribution in [3.63, 3.8) is 0 Å². The van der Waals surface area contributed by atoms with Gasteiger partial charge < -0.3 is 19.3 Å². The Hall–Kier alpha value is -2.86. The van der Waals surface area contributed by atoms with Gasteiger partial charge in [0.15, 0.2) is 0 Å². The summed E-state index contributed by atoms with van der Waals surface area (Å²) in [4.78, 5) is 24.1. The van der Waals surface area contributed by atoms with Crippen LogP contribution in [0.25, 0.3) is 11.0 Å². The quantitative estimate of drug-likeness (QED) is 0.719. The SMILES string of the molecule is C[C@@](O)(CNC(=O)c1cc2ccccc2oc1=O)c1ccco1. The van der Waals surface area contributed by atoms with Crippen LogP contribution in [0.4, 0.5) is 0 Å². The zero-order valence-electron chi connectivity index (χ0n) is 12.4. The van der Waals surface area contributed by atoms with Gasteiger partial charge in [-0.1, -0.05) is 18.2 Å². The van der Waals surface area contributed by atoms with Crippen LogP contribution in [0, 0.1) is 0 Å². The summed E-state index contributed by atoms with van der Waals surface area (Å²) < 4.78 is 10.3. The third-order valence-corrected chi connectivity index (χ3v) is 3.53. The fourth-order valence-corrected chi connectivity index (χ4v) is 2.24. The minimum absolute atomic E-state index is 0.106. The normalized spacial score (nSPS) is 13.7. The van der Waals surface area contributed by atoms with Crippen LogP contribution in [-0.2, 0) is 5.60 Å². The van der Waals surface area contributed by atoms with E-state index >= 15 is 0 Å². The molecule has 0 bridgehead atoms. The molecule has 0 aliphatic carbocycles. The van der Waals surface area contributed by atoms with E-state index in [1.807, 2.05) is 0 Å². The van der Waals surface area contributed by atoms with Gasteiger partial charge in [-0.2, -0.15) is 0 Å². The summed E-state index contributed by atoms with van der Waals surface area (Å²) in [6.07, 6.45) is 1.43. The molecule has 0 aliphatic heterocycles. The molecule has 0 unspecified atom stereocenters. The Bertz CT molecular complexity index is 893. The van der Waals surface area contributed by atoms with Crippen LogP contribution in [-0.4, -0.2) is 17.6 Å². The summed E-state index contributed by atoms with van der Waals surface area (Å²) in [5.41, 5.74) is -1.80. The van der Waals surface area contributed by atoms with E-state index in [2.05, 4.69) is 5.32 Å². The standard InChI is InChI=1S/C17H15NO5/c1-17(21,14-7-4-8-22-14)10-18-15(19)12-9-11-5-2-3-6-13(11)23-16(12)20/h2-9,21H,10H2,1H3,(H,18,19)/t17-/m1/s1. The van der Waals surface area contributed by atoms with Gasteiger partial charge in [-0.25, -0.2) is 4.79 Å². The van der Waals surface area contributed by atoms with Crippen molar-refractivity contribution in [2.24, 2.45) is 0 Å². The first-order valence-electron chi connectivity index (χ1n) is 7.05. The molecule has 1 aromatic carbocycles. The maximum Gasteiger partial charge on any atom is 0.349 e. The molecular weight excluding hydrogens is 298 g/mol. The summed E-state index contributed by atoms with van der Waals surface area (Å²) in [5.74, 6) is -0.292. The fourth-order valence-electron chi connectivity index (χ4n) is 2.24. The minimum atomic E-state index is -1.38. The molecule has 0 fully saturated rings. The van der Waals surface area contributed by atoms with Gasteiger partial charge in [0.05, 0.1) is 12.8 Å². The Morgan fingerprint density at radius 2 is 2.04 bits per heavy atom. The number of hydrogen-bond acceptors (Lipinski definition) is 5. The van der Waals surface area contributed by atoms with E-state index < -0.39 is 17.1 Å². The van der Waals surface area contributed by atoms with Crippen molar-refractivity contribution >= 4 is 16.9 Å². The highest BCUT2D eigenvalue weighted by Crippen LogP contribution is 2.20. The van der Waals surface area contributed by atoms with Crippen molar-refractivity contribution in [2.45, 2.75) is 12.5 Å². The van der Waals surface area contributed by atoms with Gasteiger partial charge in [-0.05, 0) is 31.2 Å². The molecule has 2 aromatic heterocycles. The van der Waals surface area contributed by atoms with Crippen molar-refractivity contribution in [3.8, 4) is 0 Å². The highest BCUT2D eigenvalue weighted by atomic mass is 16.4. The summed E-state index contributed by atoms with van der Waals surface area (Å²) in [6, 6.07) is 11.6. The molecule has 3 aromatic rings. The van der Waals surface area contributed by atoms with Crippen LogP contribution >= 0.6 is 0 Å². The van der Waals surface area contributed by atoms with Gasteiger partial charge in [0.1, 0.15) is 22.5 Å². The monoisotopic (exact) mass is 313 g/mol. The molecular formula is C17H15NO5. The number of aliphatic hydroxyl groups is 1. The Kier molecular flexibility index (Phi) is 3.75. The zero-order valence-corrected chi connectivity index (χ0v) is 12.4. The molecule has 0 saturated carbocycles. The van der Waals surface area contributed by atoms with Crippen LogP contribution in [0.1, 0.15) is 23.0 Å². The number of hydrogen-bond donors (Lipinski definition) is 2. The van der Waals surface area contributed by atoms with Crippen LogP contribution in [0.5, 0.6) is 0 Å². The molecule has 1 atom stereocenters. The Morgan fingerprint density at radius 3 is 2.78 bits per heavy atom. The van der Waals surface area contributed by atoms with Crippen molar-refractivity contribution in [1.82, 2.24) is 5.32 Å². The van der Waals surface area contributed by atoms with E-state index in [1.54, 1.807) is 36.4 Å². The van der Waals surface area contributed by atoms with Gasteiger partial charge >= 0.3 is 5.63 Å². The summed E-state index contributed by atoms with van der Waals surface area (Å²) in [5, 5.41) is 13.5. The third-order valence-electron chi connectivity index (χ3n) is 3.53. The summed E-state index contributed by atoms with van der Waals surface area (Å²) in [6.45, 7) is 1.40. The Labute approximate surface area is 131 Å². The van der Waals surface area contributed by atoms with Gasteiger partial charge in [0, 0.05) is 5.39 Å². The third kappa shape index (κ3) is 3.02. The lowest BCUT2D eigenvalue weighted by Crippen LogP contribution is -2.39.